The van der Waals surface area contributed by atoms with Gasteiger partial charge in [-0.3, -0.25) is 0 Å². The third-order valence-electron chi connectivity index (χ3n) is 7.26. The summed E-state index contributed by atoms with van der Waals surface area (Å²) in [5, 5.41) is 6.04. The number of rotatable bonds is 7. The van der Waals surface area contributed by atoms with Crippen LogP contribution in [0.1, 0.15) is 33.7 Å². The van der Waals surface area contributed by atoms with Gasteiger partial charge in [-0.15, -0.1) is 0 Å². The molecule has 3 aromatic carbocycles. The van der Waals surface area contributed by atoms with Crippen molar-refractivity contribution in [2.45, 2.75) is 26.3 Å². The molecule has 10 heteroatoms. The quantitative estimate of drug-likeness (QED) is 0.431. The van der Waals surface area contributed by atoms with Crippen LogP contribution in [-0.4, -0.2) is 47.3 Å². The van der Waals surface area contributed by atoms with Crippen LogP contribution in [0.2, 0.25) is 0 Å². The molecule has 1 fully saturated rings. The summed E-state index contributed by atoms with van der Waals surface area (Å²) in [6.07, 6.45) is -0.601. The monoisotopic (exact) mass is 539 g/mol. The molecule has 8 nitrogen and oxygen atoms in total. The van der Waals surface area contributed by atoms with E-state index in [4.69, 9.17) is 4.74 Å². The van der Waals surface area contributed by atoms with Gasteiger partial charge in [0.2, 0.25) is 0 Å². The second kappa shape index (κ2) is 10.6. The molecule has 2 aliphatic rings. The molecule has 0 aromatic heterocycles. The smallest absolute Gasteiger partial charge is 0.449 e. The van der Waals surface area contributed by atoms with Crippen LogP contribution in [0.15, 0.2) is 54.6 Å². The molecule has 1 amide bonds. The van der Waals surface area contributed by atoms with E-state index in [-0.39, 0.29) is 24.8 Å². The van der Waals surface area contributed by atoms with Crippen molar-refractivity contribution in [1.29, 1.82) is 0 Å². The standard InChI is InChI=1S/C28H30FN3O5S/c1-18-20(15-26(37-38(29,34)35)19(2)27(18)32-13-11-30-12-14-32)16-31-28(33)36-17-25-23-9-5-3-7-21(23)22-8-4-6-10-24(22)25/h3-10,15,25,30H,11-14,16-17H2,1-2H3,(H,31,33). The molecule has 200 valence electrons. The number of fused-ring (bicyclic) bond motifs is 3. The van der Waals surface area contributed by atoms with Gasteiger partial charge in [-0.05, 0) is 53.3 Å². The van der Waals surface area contributed by atoms with Crippen molar-refractivity contribution in [3.63, 3.8) is 0 Å². The average molecular weight is 540 g/mol. The van der Waals surface area contributed by atoms with Gasteiger partial charge in [-0.1, -0.05) is 52.4 Å². The number of benzene rings is 3. The van der Waals surface area contributed by atoms with Crippen molar-refractivity contribution in [3.8, 4) is 16.9 Å². The number of alkyl carbamates (subject to hydrolysis) is 1. The number of hydrogen-bond donors (Lipinski definition) is 2. The lowest BCUT2D eigenvalue weighted by molar-refractivity contribution is 0.142. The van der Waals surface area contributed by atoms with Gasteiger partial charge in [0.25, 0.3) is 0 Å². The largest absolute Gasteiger partial charge is 0.488 e. The molecule has 3 aromatic rings. The number of hydrogen-bond acceptors (Lipinski definition) is 7. The molecular formula is C28H30FN3O5S. The molecule has 38 heavy (non-hydrogen) atoms. The highest BCUT2D eigenvalue weighted by molar-refractivity contribution is 7.81. The van der Waals surface area contributed by atoms with E-state index in [0.29, 0.717) is 24.2 Å². The fourth-order valence-corrected chi connectivity index (χ4v) is 5.87. The van der Waals surface area contributed by atoms with Crippen molar-refractivity contribution in [2.75, 3.05) is 37.7 Å². The molecule has 2 N–H and O–H groups in total. The van der Waals surface area contributed by atoms with Gasteiger partial charge in [-0.2, -0.15) is 8.42 Å². The first kappa shape index (κ1) is 26.0. The first-order chi connectivity index (χ1) is 18.2. The average Bonchev–Trinajstić information content (AvgIpc) is 3.22. The summed E-state index contributed by atoms with van der Waals surface area (Å²) in [5.74, 6) is -0.167. The Kier molecular flexibility index (Phi) is 7.27. The molecule has 5 rings (SSSR count). The first-order valence-corrected chi connectivity index (χ1v) is 13.9. The van der Waals surface area contributed by atoms with Gasteiger partial charge in [0.1, 0.15) is 6.61 Å². The first-order valence-electron chi connectivity index (χ1n) is 12.5. The maximum atomic E-state index is 13.5. The van der Waals surface area contributed by atoms with Crippen LogP contribution in [0.3, 0.4) is 0 Å². The maximum Gasteiger partial charge on any atom is 0.488 e. The Morgan fingerprint density at radius 3 is 2.24 bits per heavy atom. The summed E-state index contributed by atoms with van der Waals surface area (Å²) in [6.45, 7) is 6.76. The van der Waals surface area contributed by atoms with Crippen LogP contribution in [0.4, 0.5) is 14.4 Å². The molecule has 1 aliphatic carbocycles. The fourth-order valence-electron chi connectivity index (χ4n) is 5.48. The fraction of sp³-hybridized carbons (Fsp3) is 0.321. The predicted molar refractivity (Wildman–Crippen MR) is 144 cm³/mol. The number of halogens is 1. The normalized spacial score (nSPS) is 15.1. The summed E-state index contributed by atoms with van der Waals surface area (Å²) < 4.78 is 46.3. The highest BCUT2D eigenvalue weighted by Gasteiger charge is 2.29. The molecule has 0 saturated carbocycles. The number of nitrogens with zero attached hydrogens (tertiary/aromatic N) is 1. The summed E-state index contributed by atoms with van der Waals surface area (Å²) in [4.78, 5) is 14.8. The Hall–Kier alpha value is -3.63. The minimum atomic E-state index is -5.22. The Bertz CT molecular complexity index is 1430. The number of piperazine rings is 1. The van der Waals surface area contributed by atoms with E-state index in [2.05, 4.69) is 44.0 Å². The lowest BCUT2D eigenvalue weighted by Gasteiger charge is -2.33. The molecule has 1 heterocycles. The third-order valence-corrected chi connectivity index (χ3v) is 7.64. The maximum absolute atomic E-state index is 13.5. The number of ether oxygens (including phenoxy) is 1. The number of anilines is 1. The summed E-state index contributed by atoms with van der Waals surface area (Å²) in [7, 11) is -5.22. The zero-order chi connectivity index (χ0) is 26.9. The molecule has 1 saturated heterocycles. The highest BCUT2D eigenvalue weighted by atomic mass is 32.3. The van der Waals surface area contributed by atoms with E-state index < -0.39 is 16.6 Å². The van der Waals surface area contributed by atoms with Crippen LogP contribution in [0, 0.1) is 13.8 Å². The number of carbonyl (C=O) groups excluding carboxylic acids is 1. The predicted octanol–water partition coefficient (Wildman–Crippen LogP) is 4.34. The topological polar surface area (TPSA) is 97.0 Å². The number of carbonyl (C=O) groups is 1. The van der Waals surface area contributed by atoms with E-state index in [1.807, 2.05) is 31.2 Å². The van der Waals surface area contributed by atoms with Crippen LogP contribution in [0.5, 0.6) is 5.75 Å². The van der Waals surface area contributed by atoms with Crippen molar-refractivity contribution >= 4 is 22.3 Å². The second-order valence-electron chi connectivity index (χ2n) is 9.53. The van der Waals surface area contributed by atoms with Gasteiger partial charge in [0.05, 0.1) is 0 Å². The second-order valence-corrected chi connectivity index (χ2v) is 10.5. The third kappa shape index (κ3) is 5.32. The molecule has 0 unspecified atom stereocenters. The molecule has 0 bridgehead atoms. The summed E-state index contributed by atoms with van der Waals surface area (Å²) >= 11 is 0. The van der Waals surface area contributed by atoms with Gasteiger partial charge in [-0.25, -0.2) is 4.79 Å². The molecule has 0 spiro atoms. The molecule has 1 aliphatic heterocycles. The van der Waals surface area contributed by atoms with E-state index >= 15 is 0 Å². The SMILES string of the molecule is Cc1c(CNC(=O)OCC2c3ccccc3-c3ccccc32)cc(OS(=O)(=O)F)c(C)c1N1CCNCC1. The Labute approximate surface area is 222 Å². The van der Waals surface area contributed by atoms with Crippen LogP contribution < -0.4 is 19.7 Å². The molecular weight excluding hydrogens is 509 g/mol. The lowest BCUT2D eigenvalue weighted by Crippen LogP contribution is -2.44. The van der Waals surface area contributed by atoms with E-state index in [9.17, 15) is 17.1 Å². The lowest BCUT2D eigenvalue weighted by atomic mass is 9.98. The molecule has 0 radical (unpaired) electrons. The van der Waals surface area contributed by atoms with Crippen molar-refractivity contribution in [2.24, 2.45) is 0 Å². The molecule has 0 atom stereocenters. The number of nitrogens with one attached hydrogen (secondary N) is 2. The Balaban J connectivity index is 1.32. The highest BCUT2D eigenvalue weighted by Crippen LogP contribution is 2.44. The van der Waals surface area contributed by atoms with Crippen molar-refractivity contribution in [1.82, 2.24) is 10.6 Å². The zero-order valence-electron chi connectivity index (χ0n) is 21.3. The van der Waals surface area contributed by atoms with Crippen LogP contribution in [0.25, 0.3) is 11.1 Å². The van der Waals surface area contributed by atoms with Crippen LogP contribution in [-0.2, 0) is 21.8 Å². The zero-order valence-corrected chi connectivity index (χ0v) is 22.1. The Morgan fingerprint density at radius 2 is 1.63 bits per heavy atom. The van der Waals surface area contributed by atoms with Gasteiger partial charge >= 0.3 is 16.6 Å². The summed E-state index contributed by atoms with van der Waals surface area (Å²) in [6, 6.07) is 17.6. The number of amides is 1. The van der Waals surface area contributed by atoms with Crippen molar-refractivity contribution < 1.29 is 26.0 Å². The van der Waals surface area contributed by atoms with Gasteiger partial charge in [0, 0.05) is 49.9 Å². The minimum absolute atomic E-state index is 0.0601. The van der Waals surface area contributed by atoms with Gasteiger partial charge < -0.3 is 24.5 Å². The van der Waals surface area contributed by atoms with E-state index in [1.54, 1.807) is 6.92 Å². The Morgan fingerprint density at radius 1 is 1.03 bits per heavy atom. The van der Waals surface area contributed by atoms with Crippen LogP contribution >= 0.6 is 0 Å². The minimum Gasteiger partial charge on any atom is -0.449 e. The van der Waals surface area contributed by atoms with E-state index in [0.717, 1.165) is 46.6 Å². The summed E-state index contributed by atoms with van der Waals surface area (Å²) in [5.41, 5.74) is 7.28. The van der Waals surface area contributed by atoms with E-state index in [1.165, 1.54) is 6.07 Å². The van der Waals surface area contributed by atoms with Crippen molar-refractivity contribution in [3.05, 3.63) is 82.4 Å². The van der Waals surface area contributed by atoms with Gasteiger partial charge in [0.15, 0.2) is 5.75 Å².